The van der Waals surface area contributed by atoms with Gasteiger partial charge in [-0.1, -0.05) is 0 Å². The summed E-state index contributed by atoms with van der Waals surface area (Å²) in [7, 11) is 1.31. The third kappa shape index (κ3) is 1.49. The van der Waals surface area contributed by atoms with Gasteiger partial charge in [-0.25, -0.2) is 4.79 Å². The Morgan fingerprint density at radius 3 is 3.00 bits per heavy atom. The van der Waals surface area contributed by atoms with Crippen molar-refractivity contribution in [3.05, 3.63) is 0 Å². The van der Waals surface area contributed by atoms with Gasteiger partial charge >= 0.3 is 6.09 Å². The van der Waals surface area contributed by atoms with Crippen LogP contribution in [-0.2, 0) is 9.53 Å². The average molecular weight is 172 g/mol. The highest BCUT2D eigenvalue weighted by Crippen LogP contribution is 2.04. The SMILES string of the molecule is COC(=O)N1CCNC(=O)C1C. The number of carbonyl (C=O) groups excluding carboxylic acids is 2. The van der Waals surface area contributed by atoms with Crippen molar-refractivity contribution in [2.24, 2.45) is 0 Å². The zero-order valence-electron chi connectivity index (χ0n) is 7.16. The van der Waals surface area contributed by atoms with Crippen LogP contribution in [-0.4, -0.2) is 43.1 Å². The van der Waals surface area contributed by atoms with E-state index in [1.807, 2.05) is 0 Å². The Kier molecular flexibility index (Phi) is 2.52. The molecule has 1 fully saturated rings. The molecule has 2 amide bonds. The summed E-state index contributed by atoms with van der Waals surface area (Å²) in [5.74, 6) is -0.133. The summed E-state index contributed by atoms with van der Waals surface area (Å²) in [4.78, 5) is 23.5. The maximum atomic E-state index is 11.1. The largest absolute Gasteiger partial charge is 0.453 e. The Balaban J connectivity index is 2.63. The summed E-state index contributed by atoms with van der Waals surface area (Å²) >= 11 is 0. The zero-order valence-corrected chi connectivity index (χ0v) is 7.16. The molecule has 0 aromatic rings. The maximum Gasteiger partial charge on any atom is 0.410 e. The number of piperazine rings is 1. The van der Waals surface area contributed by atoms with E-state index in [4.69, 9.17) is 0 Å². The van der Waals surface area contributed by atoms with Gasteiger partial charge in [0.2, 0.25) is 5.91 Å². The average Bonchev–Trinajstić information content (AvgIpc) is 2.08. The number of hydrogen-bond acceptors (Lipinski definition) is 3. The third-order valence-corrected chi connectivity index (χ3v) is 1.91. The van der Waals surface area contributed by atoms with E-state index < -0.39 is 12.1 Å². The van der Waals surface area contributed by atoms with Crippen LogP contribution < -0.4 is 5.32 Å². The first-order chi connectivity index (χ1) is 5.66. The minimum absolute atomic E-state index is 0.133. The molecule has 1 atom stereocenters. The highest BCUT2D eigenvalue weighted by molar-refractivity contribution is 5.86. The fraction of sp³-hybridized carbons (Fsp3) is 0.714. The van der Waals surface area contributed by atoms with Crippen molar-refractivity contribution in [3.8, 4) is 0 Å². The molecule has 1 N–H and O–H groups in total. The fourth-order valence-electron chi connectivity index (χ4n) is 1.15. The lowest BCUT2D eigenvalue weighted by molar-refractivity contribution is -0.127. The quantitative estimate of drug-likeness (QED) is 0.539. The van der Waals surface area contributed by atoms with Crippen LogP contribution in [0.2, 0.25) is 0 Å². The zero-order chi connectivity index (χ0) is 9.14. The monoisotopic (exact) mass is 172 g/mol. The summed E-state index contributed by atoms with van der Waals surface area (Å²) in [6, 6.07) is -0.425. The van der Waals surface area contributed by atoms with E-state index in [0.29, 0.717) is 13.1 Å². The Hall–Kier alpha value is -1.26. The molecule has 1 heterocycles. The summed E-state index contributed by atoms with van der Waals surface area (Å²) in [5, 5.41) is 2.65. The Bertz CT molecular complexity index is 205. The summed E-state index contributed by atoms with van der Waals surface area (Å²) in [5.41, 5.74) is 0. The minimum atomic E-state index is -0.447. The predicted octanol–water partition coefficient (Wildman–Crippen LogP) is -0.427. The standard InChI is InChI=1S/C7H12N2O3/c1-5-6(10)8-3-4-9(5)7(11)12-2/h5H,3-4H2,1-2H3,(H,8,10). The van der Waals surface area contributed by atoms with E-state index in [1.165, 1.54) is 12.0 Å². The molecular weight excluding hydrogens is 160 g/mol. The first-order valence-electron chi connectivity index (χ1n) is 3.79. The topological polar surface area (TPSA) is 58.6 Å². The second kappa shape index (κ2) is 3.42. The predicted molar refractivity (Wildman–Crippen MR) is 41.6 cm³/mol. The van der Waals surface area contributed by atoms with E-state index in [1.54, 1.807) is 6.92 Å². The Labute approximate surface area is 70.7 Å². The van der Waals surface area contributed by atoms with Crippen LogP contribution in [0.1, 0.15) is 6.92 Å². The molecule has 0 radical (unpaired) electrons. The molecule has 1 rings (SSSR count). The highest BCUT2D eigenvalue weighted by atomic mass is 16.5. The van der Waals surface area contributed by atoms with Crippen LogP contribution in [0.15, 0.2) is 0 Å². The van der Waals surface area contributed by atoms with Gasteiger partial charge in [0.05, 0.1) is 7.11 Å². The van der Waals surface area contributed by atoms with E-state index >= 15 is 0 Å². The van der Waals surface area contributed by atoms with Crippen molar-refractivity contribution in [1.29, 1.82) is 0 Å². The van der Waals surface area contributed by atoms with Crippen molar-refractivity contribution in [3.63, 3.8) is 0 Å². The lowest BCUT2D eigenvalue weighted by atomic mass is 10.2. The molecule has 1 saturated heterocycles. The van der Waals surface area contributed by atoms with Crippen molar-refractivity contribution in [2.75, 3.05) is 20.2 Å². The molecule has 5 nitrogen and oxygen atoms in total. The molecule has 12 heavy (non-hydrogen) atoms. The molecule has 5 heteroatoms. The van der Waals surface area contributed by atoms with Gasteiger partial charge in [-0.15, -0.1) is 0 Å². The molecule has 0 bridgehead atoms. The molecule has 0 spiro atoms. The fourth-order valence-corrected chi connectivity index (χ4v) is 1.15. The van der Waals surface area contributed by atoms with Gasteiger partial charge in [-0.2, -0.15) is 0 Å². The molecule has 0 saturated carbocycles. The molecule has 0 aliphatic carbocycles. The van der Waals surface area contributed by atoms with Crippen molar-refractivity contribution >= 4 is 12.0 Å². The molecule has 0 aromatic heterocycles. The lowest BCUT2D eigenvalue weighted by Crippen LogP contribution is -2.55. The summed E-state index contributed by atoms with van der Waals surface area (Å²) < 4.78 is 4.52. The van der Waals surface area contributed by atoms with E-state index in [2.05, 4.69) is 10.1 Å². The normalized spacial score (nSPS) is 23.3. The van der Waals surface area contributed by atoms with Gasteiger partial charge < -0.3 is 10.1 Å². The van der Waals surface area contributed by atoms with E-state index in [0.717, 1.165) is 0 Å². The van der Waals surface area contributed by atoms with Crippen LogP contribution in [0.25, 0.3) is 0 Å². The second-order valence-corrected chi connectivity index (χ2v) is 2.63. The van der Waals surface area contributed by atoms with Gasteiger partial charge in [0.1, 0.15) is 6.04 Å². The molecule has 68 valence electrons. The van der Waals surface area contributed by atoms with Crippen LogP contribution >= 0.6 is 0 Å². The molecule has 1 aliphatic heterocycles. The number of hydrogen-bond donors (Lipinski definition) is 1. The first kappa shape index (κ1) is 8.83. The van der Waals surface area contributed by atoms with Crippen LogP contribution in [0.5, 0.6) is 0 Å². The number of rotatable bonds is 0. The molecule has 1 unspecified atom stereocenters. The third-order valence-electron chi connectivity index (χ3n) is 1.91. The number of nitrogens with one attached hydrogen (secondary N) is 1. The van der Waals surface area contributed by atoms with E-state index in [9.17, 15) is 9.59 Å². The maximum absolute atomic E-state index is 11.1. The highest BCUT2D eigenvalue weighted by Gasteiger charge is 2.29. The number of methoxy groups -OCH3 is 1. The Morgan fingerprint density at radius 2 is 2.42 bits per heavy atom. The van der Waals surface area contributed by atoms with Gasteiger partial charge in [0, 0.05) is 13.1 Å². The van der Waals surface area contributed by atoms with Gasteiger partial charge in [0.15, 0.2) is 0 Å². The Morgan fingerprint density at radius 1 is 1.75 bits per heavy atom. The lowest BCUT2D eigenvalue weighted by Gasteiger charge is -2.31. The van der Waals surface area contributed by atoms with Crippen LogP contribution in [0.4, 0.5) is 4.79 Å². The molecule has 1 aliphatic rings. The molecular formula is C7H12N2O3. The number of nitrogens with zero attached hydrogens (tertiary/aromatic N) is 1. The second-order valence-electron chi connectivity index (χ2n) is 2.63. The van der Waals surface area contributed by atoms with Crippen molar-refractivity contribution < 1.29 is 14.3 Å². The van der Waals surface area contributed by atoms with E-state index in [-0.39, 0.29) is 5.91 Å². The minimum Gasteiger partial charge on any atom is -0.453 e. The first-order valence-corrected chi connectivity index (χ1v) is 3.79. The number of carbonyl (C=O) groups is 2. The molecule has 0 aromatic carbocycles. The van der Waals surface area contributed by atoms with Gasteiger partial charge in [-0.05, 0) is 6.92 Å². The summed E-state index contributed by atoms with van der Waals surface area (Å²) in [6.07, 6.45) is -0.447. The van der Waals surface area contributed by atoms with Crippen LogP contribution in [0.3, 0.4) is 0 Å². The van der Waals surface area contributed by atoms with Crippen molar-refractivity contribution in [1.82, 2.24) is 10.2 Å². The van der Waals surface area contributed by atoms with Gasteiger partial charge in [0.25, 0.3) is 0 Å². The van der Waals surface area contributed by atoms with Gasteiger partial charge in [-0.3, -0.25) is 9.69 Å². The van der Waals surface area contributed by atoms with Crippen LogP contribution in [0, 0.1) is 0 Å². The summed E-state index contributed by atoms with van der Waals surface area (Å²) in [6.45, 7) is 2.68. The number of ether oxygens (including phenoxy) is 1. The van der Waals surface area contributed by atoms with Crippen molar-refractivity contribution in [2.45, 2.75) is 13.0 Å². The smallest absolute Gasteiger partial charge is 0.410 e. The number of amides is 2.